The predicted molar refractivity (Wildman–Crippen MR) is 90.5 cm³/mol. The van der Waals surface area contributed by atoms with Gasteiger partial charge in [-0.05, 0) is 44.0 Å². The molecular weight excluding hydrogens is 274 g/mol. The lowest BCUT2D eigenvalue weighted by atomic mass is 10.1. The quantitative estimate of drug-likeness (QED) is 0.786. The van der Waals surface area contributed by atoms with E-state index in [0.717, 1.165) is 18.0 Å². The third-order valence-corrected chi connectivity index (χ3v) is 3.52. The fourth-order valence-corrected chi connectivity index (χ4v) is 2.34. The Morgan fingerprint density at radius 2 is 1.59 bits per heavy atom. The molecule has 118 valence electrons. The van der Waals surface area contributed by atoms with Crippen molar-refractivity contribution < 1.29 is 9.47 Å². The third-order valence-electron chi connectivity index (χ3n) is 3.52. The van der Waals surface area contributed by atoms with Gasteiger partial charge in [0.15, 0.2) is 11.5 Å². The van der Waals surface area contributed by atoms with Crippen molar-refractivity contribution in [1.29, 1.82) is 0 Å². The summed E-state index contributed by atoms with van der Waals surface area (Å²) in [7, 11) is 0. The van der Waals surface area contributed by atoms with Crippen LogP contribution in [0.1, 0.15) is 37.9 Å². The molecule has 0 bridgehead atoms. The van der Waals surface area contributed by atoms with E-state index >= 15 is 0 Å². The molecule has 0 aliphatic rings. The first-order valence-corrected chi connectivity index (χ1v) is 7.91. The van der Waals surface area contributed by atoms with Crippen LogP contribution < -0.4 is 14.8 Å². The van der Waals surface area contributed by atoms with Crippen LogP contribution >= 0.6 is 0 Å². The molecule has 3 nitrogen and oxygen atoms in total. The lowest BCUT2D eigenvalue weighted by Crippen LogP contribution is -2.18. The summed E-state index contributed by atoms with van der Waals surface area (Å²) in [6.45, 7) is 8.21. The summed E-state index contributed by atoms with van der Waals surface area (Å²) in [5.74, 6) is 1.63. The van der Waals surface area contributed by atoms with Crippen molar-refractivity contribution in [2.75, 3.05) is 13.2 Å². The highest BCUT2D eigenvalue weighted by atomic mass is 16.5. The van der Waals surface area contributed by atoms with Crippen molar-refractivity contribution in [2.45, 2.75) is 33.4 Å². The monoisotopic (exact) mass is 299 g/mol. The zero-order valence-corrected chi connectivity index (χ0v) is 13.6. The van der Waals surface area contributed by atoms with E-state index in [4.69, 9.17) is 9.47 Å². The Balaban J connectivity index is 2.02. The number of rotatable bonds is 8. The Bertz CT molecular complexity index is 569. The fourth-order valence-electron chi connectivity index (χ4n) is 2.34. The summed E-state index contributed by atoms with van der Waals surface area (Å²) >= 11 is 0. The second kappa shape index (κ2) is 8.44. The summed E-state index contributed by atoms with van der Waals surface area (Å²) < 4.78 is 11.3. The second-order valence-electron chi connectivity index (χ2n) is 5.16. The Hall–Kier alpha value is -2.00. The maximum atomic E-state index is 5.67. The van der Waals surface area contributed by atoms with Crippen molar-refractivity contribution in [3.05, 3.63) is 59.7 Å². The van der Waals surface area contributed by atoms with Crippen LogP contribution in [0.15, 0.2) is 48.5 Å². The molecule has 22 heavy (non-hydrogen) atoms. The van der Waals surface area contributed by atoms with Gasteiger partial charge in [0.2, 0.25) is 0 Å². The van der Waals surface area contributed by atoms with E-state index in [0.29, 0.717) is 19.3 Å². The van der Waals surface area contributed by atoms with Crippen molar-refractivity contribution in [2.24, 2.45) is 0 Å². The molecular formula is C19H25NO2. The molecule has 0 aliphatic carbocycles. The zero-order valence-electron chi connectivity index (χ0n) is 13.6. The minimum atomic E-state index is 0.309. The largest absolute Gasteiger partial charge is 0.490 e. The molecule has 0 heterocycles. The molecule has 0 spiro atoms. The summed E-state index contributed by atoms with van der Waals surface area (Å²) in [5.41, 5.74) is 2.48. The number of hydrogen-bond acceptors (Lipinski definition) is 3. The average Bonchev–Trinajstić information content (AvgIpc) is 2.56. The van der Waals surface area contributed by atoms with Crippen molar-refractivity contribution in [1.82, 2.24) is 5.32 Å². The van der Waals surface area contributed by atoms with Crippen LogP contribution in [0.3, 0.4) is 0 Å². The van der Waals surface area contributed by atoms with Crippen molar-refractivity contribution in [3.8, 4) is 11.5 Å². The number of hydrogen-bond donors (Lipinski definition) is 1. The minimum Gasteiger partial charge on any atom is -0.490 e. The zero-order chi connectivity index (χ0) is 15.8. The minimum absolute atomic E-state index is 0.309. The van der Waals surface area contributed by atoms with Gasteiger partial charge in [0.25, 0.3) is 0 Å². The van der Waals surface area contributed by atoms with E-state index in [-0.39, 0.29) is 0 Å². The third kappa shape index (κ3) is 4.50. The average molecular weight is 299 g/mol. The molecule has 1 N–H and O–H groups in total. The topological polar surface area (TPSA) is 30.5 Å². The smallest absolute Gasteiger partial charge is 0.161 e. The fraction of sp³-hybridized carbons (Fsp3) is 0.368. The second-order valence-corrected chi connectivity index (χ2v) is 5.16. The van der Waals surface area contributed by atoms with Crippen LogP contribution in [0, 0.1) is 0 Å². The standard InChI is InChI=1S/C19H25NO2/c1-4-21-18-12-11-16(13-19(18)22-5-2)14-20-15(3)17-9-7-6-8-10-17/h6-13,15,20H,4-5,14H2,1-3H3/t15-/m1/s1. The molecule has 0 fully saturated rings. The number of benzene rings is 2. The van der Waals surface area contributed by atoms with Crippen molar-refractivity contribution in [3.63, 3.8) is 0 Å². The van der Waals surface area contributed by atoms with Gasteiger partial charge in [-0.1, -0.05) is 36.4 Å². The van der Waals surface area contributed by atoms with Crippen LogP contribution in [-0.2, 0) is 6.54 Å². The van der Waals surface area contributed by atoms with Crippen LogP contribution in [0.5, 0.6) is 11.5 Å². The van der Waals surface area contributed by atoms with E-state index < -0.39 is 0 Å². The number of ether oxygens (including phenoxy) is 2. The lowest BCUT2D eigenvalue weighted by Gasteiger charge is -2.16. The maximum Gasteiger partial charge on any atom is 0.161 e. The summed E-state index contributed by atoms with van der Waals surface area (Å²) in [6.07, 6.45) is 0. The normalized spacial score (nSPS) is 12.0. The highest BCUT2D eigenvalue weighted by Gasteiger charge is 2.08. The van der Waals surface area contributed by atoms with Gasteiger partial charge in [-0.2, -0.15) is 0 Å². The summed E-state index contributed by atoms with van der Waals surface area (Å²) in [5, 5.41) is 3.54. The predicted octanol–water partition coefficient (Wildman–Crippen LogP) is 4.33. The van der Waals surface area contributed by atoms with Crippen LogP contribution in [0.2, 0.25) is 0 Å². The summed E-state index contributed by atoms with van der Waals surface area (Å²) in [6, 6.07) is 16.9. The first-order valence-electron chi connectivity index (χ1n) is 7.91. The summed E-state index contributed by atoms with van der Waals surface area (Å²) in [4.78, 5) is 0. The Labute approximate surface area is 133 Å². The van der Waals surface area contributed by atoms with Gasteiger partial charge in [0, 0.05) is 12.6 Å². The van der Waals surface area contributed by atoms with E-state index in [9.17, 15) is 0 Å². The van der Waals surface area contributed by atoms with E-state index in [1.807, 2.05) is 26.0 Å². The SMILES string of the molecule is CCOc1ccc(CN[C@H](C)c2ccccc2)cc1OCC. The van der Waals surface area contributed by atoms with Gasteiger partial charge >= 0.3 is 0 Å². The van der Waals surface area contributed by atoms with Gasteiger partial charge in [0.05, 0.1) is 13.2 Å². The van der Waals surface area contributed by atoms with Crippen molar-refractivity contribution >= 4 is 0 Å². The van der Waals surface area contributed by atoms with Gasteiger partial charge < -0.3 is 14.8 Å². The molecule has 3 heteroatoms. The molecule has 0 aromatic heterocycles. The van der Waals surface area contributed by atoms with Crippen LogP contribution in [0.25, 0.3) is 0 Å². The lowest BCUT2D eigenvalue weighted by molar-refractivity contribution is 0.287. The Morgan fingerprint density at radius 3 is 2.27 bits per heavy atom. The van der Waals surface area contributed by atoms with E-state index in [2.05, 4.69) is 48.6 Å². The van der Waals surface area contributed by atoms with E-state index in [1.54, 1.807) is 0 Å². The Kier molecular flexibility index (Phi) is 6.28. The molecule has 0 aliphatic heterocycles. The Morgan fingerprint density at radius 1 is 0.909 bits per heavy atom. The van der Waals surface area contributed by atoms with Gasteiger partial charge in [-0.3, -0.25) is 0 Å². The van der Waals surface area contributed by atoms with Crippen LogP contribution in [0.4, 0.5) is 0 Å². The molecule has 0 radical (unpaired) electrons. The molecule has 1 atom stereocenters. The number of nitrogens with one attached hydrogen (secondary N) is 1. The first kappa shape index (κ1) is 16.4. The maximum absolute atomic E-state index is 5.67. The molecule has 2 aromatic rings. The van der Waals surface area contributed by atoms with Gasteiger partial charge in [-0.15, -0.1) is 0 Å². The molecule has 0 saturated carbocycles. The molecule has 0 saturated heterocycles. The van der Waals surface area contributed by atoms with Gasteiger partial charge in [-0.25, -0.2) is 0 Å². The molecule has 0 unspecified atom stereocenters. The van der Waals surface area contributed by atoms with Gasteiger partial charge in [0.1, 0.15) is 0 Å². The highest BCUT2D eigenvalue weighted by molar-refractivity contribution is 5.43. The molecule has 2 aromatic carbocycles. The molecule has 0 amide bonds. The highest BCUT2D eigenvalue weighted by Crippen LogP contribution is 2.28. The molecule has 2 rings (SSSR count). The van der Waals surface area contributed by atoms with E-state index in [1.165, 1.54) is 11.1 Å². The first-order chi connectivity index (χ1) is 10.7. The van der Waals surface area contributed by atoms with Crippen LogP contribution in [-0.4, -0.2) is 13.2 Å².